The summed E-state index contributed by atoms with van der Waals surface area (Å²) in [5, 5.41) is 8.87. The van der Waals surface area contributed by atoms with E-state index in [4.69, 9.17) is 0 Å². The van der Waals surface area contributed by atoms with Crippen molar-refractivity contribution in [1.29, 1.82) is 0 Å². The number of hydrogen-bond donors (Lipinski definition) is 1. The minimum atomic E-state index is -4.46. The summed E-state index contributed by atoms with van der Waals surface area (Å²) in [5.41, 5.74) is 0.618. The fourth-order valence-electron chi connectivity index (χ4n) is 1.39. The number of rotatable bonds is 3. The van der Waals surface area contributed by atoms with Crippen LogP contribution in [0.2, 0.25) is 0 Å². The van der Waals surface area contributed by atoms with Gasteiger partial charge in [0.25, 0.3) is 0 Å². The number of thiazole rings is 1. The van der Waals surface area contributed by atoms with Crippen molar-refractivity contribution in [3.8, 4) is 0 Å². The number of pyridine rings is 1. The molecule has 0 aliphatic heterocycles. The summed E-state index contributed by atoms with van der Waals surface area (Å²) in [6, 6.07) is 5.18. The summed E-state index contributed by atoms with van der Waals surface area (Å²) in [6.45, 7) is 0. The highest BCUT2D eigenvalue weighted by Crippen LogP contribution is 2.34. The van der Waals surface area contributed by atoms with Gasteiger partial charge < -0.3 is 5.11 Å². The Labute approximate surface area is 105 Å². The monoisotopic (exact) mass is 274 g/mol. The van der Waals surface area contributed by atoms with Crippen LogP contribution in [-0.2, 0) is 12.6 Å². The molecule has 18 heavy (non-hydrogen) atoms. The van der Waals surface area contributed by atoms with Crippen LogP contribution in [0.25, 0.3) is 0 Å². The molecular formula is C11H9F3N2OS. The molecule has 0 radical (unpaired) electrons. The Morgan fingerprint density at radius 3 is 2.61 bits per heavy atom. The highest BCUT2D eigenvalue weighted by molar-refractivity contribution is 7.11. The van der Waals surface area contributed by atoms with Crippen LogP contribution >= 0.6 is 11.3 Å². The van der Waals surface area contributed by atoms with Crippen molar-refractivity contribution < 1.29 is 18.3 Å². The minimum Gasteiger partial charge on any atom is -0.387 e. The second-order valence-corrected chi connectivity index (χ2v) is 4.67. The van der Waals surface area contributed by atoms with E-state index < -0.39 is 17.3 Å². The average Bonchev–Trinajstić information content (AvgIpc) is 2.79. The van der Waals surface area contributed by atoms with Crippen LogP contribution < -0.4 is 0 Å². The van der Waals surface area contributed by atoms with Crippen LogP contribution in [0, 0.1) is 0 Å². The maximum atomic E-state index is 12.3. The number of aliphatic hydroxyl groups excluding tert-OH is 1. The number of hydrogen-bond acceptors (Lipinski definition) is 4. The minimum absolute atomic E-state index is 0.167. The summed E-state index contributed by atoms with van der Waals surface area (Å²) in [4.78, 5) is 7.45. The van der Waals surface area contributed by atoms with Crippen molar-refractivity contribution in [1.82, 2.24) is 9.97 Å². The molecule has 1 atom stereocenters. The highest BCUT2D eigenvalue weighted by atomic mass is 32.1. The smallest absolute Gasteiger partial charge is 0.387 e. The van der Waals surface area contributed by atoms with E-state index in [1.807, 2.05) is 0 Å². The number of halogens is 3. The quantitative estimate of drug-likeness (QED) is 0.936. The van der Waals surface area contributed by atoms with Gasteiger partial charge in [0.05, 0.1) is 11.0 Å². The molecule has 2 aromatic heterocycles. The fourth-order valence-corrected chi connectivity index (χ4v) is 2.16. The van der Waals surface area contributed by atoms with Crippen LogP contribution in [-0.4, -0.2) is 15.1 Å². The zero-order valence-electron chi connectivity index (χ0n) is 9.05. The molecule has 96 valence electrons. The van der Waals surface area contributed by atoms with Gasteiger partial charge in [0.2, 0.25) is 0 Å². The zero-order valence-corrected chi connectivity index (χ0v) is 9.87. The van der Waals surface area contributed by atoms with E-state index in [0.29, 0.717) is 17.0 Å². The van der Waals surface area contributed by atoms with Gasteiger partial charge in [-0.25, -0.2) is 4.98 Å². The molecule has 0 aliphatic carbocycles. The van der Waals surface area contributed by atoms with Gasteiger partial charge in [-0.1, -0.05) is 6.07 Å². The molecule has 0 saturated carbocycles. The van der Waals surface area contributed by atoms with Gasteiger partial charge >= 0.3 is 6.18 Å². The number of nitrogens with zero attached hydrogens (tertiary/aromatic N) is 2. The molecule has 0 spiro atoms. The summed E-state index contributed by atoms with van der Waals surface area (Å²) >= 11 is 0.453. The second-order valence-electron chi connectivity index (χ2n) is 3.61. The summed E-state index contributed by atoms with van der Waals surface area (Å²) in [7, 11) is 0. The first-order chi connectivity index (χ1) is 8.47. The standard InChI is InChI=1S/C11H9F3N2OS/c12-11(13,14)10-16-6-9(18-10)8(17)5-7-3-1-2-4-15-7/h1-4,6,8,17H,5H2. The third kappa shape index (κ3) is 3.05. The maximum absolute atomic E-state index is 12.3. The lowest BCUT2D eigenvalue weighted by atomic mass is 10.1. The van der Waals surface area contributed by atoms with Crippen LogP contribution in [0.1, 0.15) is 21.7 Å². The predicted molar refractivity (Wildman–Crippen MR) is 60.0 cm³/mol. The van der Waals surface area contributed by atoms with E-state index in [9.17, 15) is 18.3 Å². The Bertz CT molecular complexity index is 513. The van der Waals surface area contributed by atoms with Gasteiger partial charge in [0, 0.05) is 24.5 Å². The third-order valence-corrected chi connectivity index (χ3v) is 3.37. The lowest BCUT2D eigenvalue weighted by molar-refractivity contribution is -0.137. The molecule has 0 fully saturated rings. The van der Waals surface area contributed by atoms with E-state index >= 15 is 0 Å². The first-order valence-corrected chi connectivity index (χ1v) is 5.89. The normalized spacial score (nSPS) is 13.6. The van der Waals surface area contributed by atoms with Crippen molar-refractivity contribution in [3.63, 3.8) is 0 Å². The fraction of sp³-hybridized carbons (Fsp3) is 0.273. The van der Waals surface area contributed by atoms with Gasteiger partial charge in [-0.2, -0.15) is 13.2 Å². The van der Waals surface area contributed by atoms with E-state index in [1.54, 1.807) is 24.4 Å². The Kier molecular flexibility index (Phi) is 3.63. The Morgan fingerprint density at radius 2 is 2.06 bits per heavy atom. The van der Waals surface area contributed by atoms with Crippen molar-refractivity contribution >= 4 is 11.3 Å². The third-order valence-electron chi connectivity index (χ3n) is 2.22. The van der Waals surface area contributed by atoms with E-state index in [2.05, 4.69) is 9.97 Å². The zero-order chi connectivity index (χ0) is 13.2. The van der Waals surface area contributed by atoms with Gasteiger partial charge in [0.1, 0.15) is 0 Å². The maximum Gasteiger partial charge on any atom is 0.443 e. The molecule has 0 aromatic carbocycles. The first kappa shape index (κ1) is 13.0. The first-order valence-electron chi connectivity index (χ1n) is 5.07. The van der Waals surface area contributed by atoms with Crippen molar-refractivity contribution in [2.24, 2.45) is 0 Å². The molecule has 7 heteroatoms. The average molecular weight is 274 g/mol. The SMILES string of the molecule is OC(Cc1ccccn1)c1cnc(C(F)(F)F)s1. The molecule has 0 bridgehead atoms. The number of aliphatic hydroxyl groups is 1. The molecule has 2 aromatic rings. The van der Waals surface area contributed by atoms with Crippen LogP contribution in [0.3, 0.4) is 0 Å². The molecule has 0 amide bonds. The molecule has 2 rings (SSSR count). The number of aromatic nitrogens is 2. The molecule has 2 heterocycles. The molecule has 1 N–H and O–H groups in total. The van der Waals surface area contributed by atoms with Crippen molar-refractivity contribution in [2.75, 3.05) is 0 Å². The largest absolute Gasteiger partial charge is 0.443 e. The van der Waals surface area contributed by atoms with Gasteiger partial charge in [-0.15, -0.1) is 11.3 Å². The van der Waals surface area contributed by atoms with E-state index in [0.717, 1.165) is 6.20 Å². The van der Waals surface area contributed by atoms with Crippen LogP contribution in [0.4, 0.5) is 13.2 Å². The molecule has 1 unspecified atom stereocenters. The Balaban J connectivity index is 2.10. The van der Waals surface area contributed by atoms with E-state index in [-0.39, 0.29) is 11.3 Å². The van der Waals surface area contributed by atoms with Crippen LogP contribution in [0.5, 0.6) is 0 Å². The summed E-state index contributed by atoms with van der Waals surface area (Å²) in [5.74, 6) is 0. The molecule has 0 saturated heterocycles. The van der Waals surface area contributed by atoms with Crippen molar-refractivity contribution in [2.45, 2.75) is 18.7 Å². The molecule has 3 nitrogen and oxygen atoms in total. The van der Waals surface area contributed by atoms with Gasteiger partial charge in [-0.3, -0.25) is 4.98 Å². The lowest BCUT2D eigenvalue weighted by Crippen LogP contribution is -2.03. The highest BCUT2D eigenvalue weighted by Gasteiger charge is 2.35. The summed E-state index contributed by atoms with van der Waals surface area (Å²) in [6.07, 6.45) is -2.70. The lowest BCUT2D eigenvalue weighted by Gasteiger charge is -2.06. The summed E-state index contributed by atoms with van der Waals surface area (Å²) < 4.78 is 37.0. The Hall–Kier alpha value is -1.47. The van der Waals surface area contributed by atoms with E-state index in [1.165, 1.54) is 0 Å². The van der Waals surface area contributed by atoms with Gasteiger partial charge in [-0.05, 0) is 12.1 Å². The molecule has 0 aliphatic rings. The van der Waals surface area contributed by atoms with Crippen molar-refractivity contribution in [3.05, 3.63) is 46.2 Å². The topological polar surface area (TPSA) is 46.0 Å². The van der Waals surface area contributed by atoms with Gasteiger partial charge in [0.15, 0.2) is 5.01 Å². The predicted octanol–water partition coefficient (Wildman–Crippen LogP) is 2.83. The van der Waals surface area contributed by atoms with Crippen LogP contribution in [0.15, 0.2) is 30.6 Å². The molecular weight excluding hydrogens is 265 g/mol. The second kappa shape index (κ2) is 5.03. The Morgan fingerprint density at radius 1 is 1.28 bits per heavy atom. The number of alkyl halides is 3.